The van der Waals surface area contributed by atoms with Gasteiger partial charge < -0.3 is 4.57 Å². The molecule has 13 heavy (non-hydrogen) atoms. The van der Waals surface area contributed by atoms with Crippen molar-refractivity contribution in [3.8, 4) is 0 Å². The summed E-state index contributed by atoms with van der Waals surface area (Å²) in [6, 6.07) is 3.28. The molecule has 2 heterocycles. The van der Waals surface area contributed by atoms with Gasteiger partial charge in [0.05, 0.1) is 11.8 Å². The fourth-order valence-corrected chi connectivity index (χ4v) is 1.21. The molecule has 0 aliphatic heterocycles. The van der Waals surface area contributed by atoms with Crippen molar-refractivity contribution in [2.24, 2.45) is 7.05 Å². The highest BCUT2D eigenvalue weighted by atomic mass is 35.5. The molecular weight excluding hydrogens is 190 g/mol. The normalized spacial score (nSPS) is 10.6. The monoisotopic (exact) mass is 195 g/mol. The maximum absolute atomic E-state index is 11.5. The van der Waals surface area contributed by atoms with Crippen molar-refractivity contribution >= 4 is 22.6 Å². The van der Waals surface area contributed by atoms with Gasteiger partial charge in [-0.3, -0.25) is 4.79 Å². The molecule has 66 valence electrons. The van der Waals surface area contributed by atoms with Crippen LogP contribution in [-0.2, 0) is 7.05 Å². The van der Waals surface area contributed by atoms with Gasteiger partial charge in [0.2, 0.25) is 0 Å². The van der Waals surface area contributed by atoms with Crippen molar-refractivity contribution < 1.29 is 0 Å². The predicted molar refractivity (Wildman–Crippen MR) is 49.8 cm³/mol. The molecule has 5 heteroatoms. The van der Waals surface area contributed by atoms with Crippen molar-refractivity contribution in [2.45, 2.75) is 0 Å². The molecular formula is C8H6ClN3O. The van der Waals surface area contributed by atoms with E-state index in [1.165, 1.54) is 10.9 Å². The van der Waals surface area contributed by atoms with Crippen LogP contribution in [0.25, 0.3) is 11.0 Å². The molecule has 0 N–H and O–H groups in total. The third-order valence-electron chi connectivity index (χ3n) is 1.73. The largest absolute Gasteiger partial charge is 0.301 e. The Morgan fingerprint density at radius 3 is 3.00 bits per heavy atom. The number of nitrogens with zero attached hydrogens (tertiary/aromatic N) is 3. The standard InChI is InChI=1S/C8H6ClN3O/c1-12-4-10-5-2-3-6(9)11-7(5)8(12)13/h2-4H,1H3. The molecule has 2 aromatic rings. The Hall–Kier alpha value is -1.42. The maximum Gasteiger partial charge on any atom is 0.279 e. The molecule has 0 radical (unpaired) electrons. The number of halogens is 1. The van der Waals surface area contributed by atoms with E-state index in [1.54, 1.807) is 19.2 Å². The second-order valence-corrected chi connectivity index (χ2v) is 3.05. The lowest BCUT2D eigenvalue weighted by Gasteiger charge is -1.98. The van der Waals surface area contributed by atoms with Crippen molar-refractivity contribution in [3.05, 3.63) is 34.0 Å². The molecule has 0 bridgehead atoms. The summed E-state index contributed by atoms with van der Waals surface area (Å²) >= 11 is 5.66. The van der Waals surface area contributed by atoms with Crippen LogP contribution in [0.15, 0.2) is 23.3 Å². The van der Waals surface area contributed by atoms with Crippen LogP contribution >= 0.6 is 11.6 Å². The van der Waals surface area contributed by atoms with Gasteiger partial charge in [-0.15, -0.1) is 0 Å². The van der Waals surface area contributed by atoms with Crippen LogP contribution in [0.1, 0.15) is 0 Å². The van der Waals surface area contributed by atoms with Crippen molar-refractivity contribution in [1.29, 1.82) is 0 Å². The number of fused-ring (bicyclic) bond motifs is 1. The highest BCUT2D eigenvalue weighted by Gasteiger charge is 2.02. The molecule has 0 saturated carbocycles. The van der Waals surface area contributed by atoms with Gasteiger partial charge in [0, 0.05) is 7.05 Å². The van der Waals surface area contributed by atoms with E-state index in [9.17, 15) is 4.79 Å². The van der Waals surface area contributed by atoms with E-state index in [2.05, 4.69) is 9.97 Å². The second-order valence-electron chi connectivity index (χ2n) is 2.66. The van der Waals surface area contributed by atoms with Crippen LogP contribution in [0.2, 0.25) is 5.15 Å². The number of rotatable bonds is 0. The van der Waals surface area contributed by atoms with E-state index in [1.807, 2.05) is 0 Å². The zero-order valence-corrected chi connectivity index (χ0v) is 7.62. The Labute approximate surface area is 78.8 Å². The Balaban J connectivity index is 2.97. The van der Waals surface area contributed by atoms with Crippen molar-refractivity contribution in [1.82, 2.24) is 14.5 Å². The summed E-state index contributed by atoms with van der Waals surface area (Å²) < 4.78 is 1.37. The number of pyridine rings is 1. The molecule has 0 fully saturated rings. The van der Waals surface area contributed by atoms with Crippen LogP contribution in [0, 0.1) is 0 Å². The van der Waals surface area contributed by atoms with Gasteiger partial charge in [0.1, 0.15) is 5.15 Å². The van der Waals surface area contributed by atoms with E-state index in [-0.39, 0.29) is 5.56 Å². The average molecular weight is 196 g/mol. The molecule has 0 unspecified atom stereocenters. The van der Waals surface area contributed by atoms with Crippen LogP contribution in [0.3, 0.4) is 0 Å². The highest BCUT2D eigenvalue weighted by Crippen LogP contribution is 2.08. The molecule has 0 aliphatic carbocycles. The molecule has 2 aromatic heterocycles. The number of aromatic nitrogens is 3. The first-order valence-corrected chi connectivity index (χ1v) is 4.04. The lowest BCUT2D eigenvalue weighted by molar-refractivity contribution is 0.838. The third kappa shape index (κ3) is 1.29. The Bertz CT molecular complexity index is 515. The van der Waals surface area contributed by atoms with E-state index in [4.69, 9.17) is 11.6 Å². The predicted octanol–water partition coefficient (Wildman–Crippen LogP) is 0.982. The number of hydrogen-bond acceptors (Lipinski definition) is 3. The van der Waals surface area contributed by atoms with Gasteiger partial charge in [0.15, 0.2) is 5.52 Å². The molecule has 4 nitrogen and oxygen atoms in total. The topological polar surface area (TPSA) is 47.8 Å². The van der Waals surface area contributed by atoms with Gasteiger partial charge in [-0.05, 0) is 12.1 Å². The molecule has 0 aromatic carbocycles. The first-order chi connectivity index (χ1) is 6.18. The first-order valence-electron chi connectivity index (χ1n) is 3.66. The zero-order chi connectivity index (χ0) is 9.42. The van der Waals surface area contributed by atoms with Crippen LogP contribution in [0.4, 0.5) is 0 Å². The Morgan fingerprint density at radius 1 is 1.46 bits per heavy atom. The summed E-state index contributed by atoms with van der Waals surface area (Å²) in [7, 11) is 1.62. The summed E-state index contributed by atoms with van der Waals surface area (Å²) in [6.07, 6.45) is 1.46. The molecule has 0 spiro atoms. The summed E-state index contributed by atoms with van der Waals surface area (Å²) in [5, 5.41) is 0.303. The highest BCUT2D eigenvalue weighted by molar-refractivity contribution is 6.29. The van der Waals surface area contributed by atoms with E-state index in [0.717, 1.165) is 0 Å². The number of aryl methyl sites for hydroxylation is 1. The minimum atomic E-state index is -0.187. The lowest BCUT2D eigenvalue weighted by atomic mass is 10.4. The summed E-state index contributed by atoms with van der Waals surface area (Å²) in [5.74, 6) is 0. The van der Waals surface area contributed by atoms with E-state index in [0.29, 0.717) is 16.2 Å². The first kappa shape index (κ1) is 8.19. The smallest absolute Gasteiger partial charge is 0.279 e. The zero-order valence-electron chi connectivity index (χ0n) is 6.86. The van der Waals surface area contributed by atoms with Gasteiger partial charge >= 0.3 is 0 Å². The SMILES string of the molecule is Cn1cnc2ccc(Cl)nc2c1=O. The molecule has 0 atom stereocenters. The van der Waals surface area contributed by atoms with Gasteiger partial charge in [0.25, 0.3) is 5.56 Å². The third-order valence-corrected chi connectivity index (χ3v) is 1.94. The van der Waals surface area contributed by atoms with Crippen LogP contribution < -0.4 is 5.56 Å². The lowest BCUT2D eigenvalue weighted by Crippen LogP contribution is -2.17. The Morgan fingerprint density at radius 2 is 2.23 bits per heavy atom. The van der Waals surface area contributed by atoms with Crippen LogP contribution in [0.5, 0.6) is 0 Å². The fourth-order valence-electron chi connectivity index (χ4n) is 1.06. The van der Waals surface area contributed by atoms with Crippen molar-refractivity contribution in [3.63, 3.8) is 0 Å². The molecule has 0 saturated heterocycles. The fraction of sp³-hybridized carbons (Fsp3) is 0.125. The minimum absolute atomic E-state index is 0.187. The minimum Gasteiger partial charge on any atom is -0.301 e. The average Bonchev–Trinajstić information content (AvgIpc) is 2.12. The van der Waals surface area contributed by atoms with Crippen LogP contribution in [-0.4, -0.2) is 14.5 Å². The quantitative estimate of drug-likeness (QED) is 0.589. The molecule has 2 rings (SSSR count). The summed E-state index contributed by atoms with van der Waals surface area (Å²) in [5.41, 5.74) is 0.678. The summed E-state index contributed by atoms with van der Waals surface area (Å²) in [6.45, 7) is 0. The van der Waals surface area contributed by atoms with E-state index >= 15 is 0 Å². The van der Waals surface area contributed by atoms with Gasteiger partial charge in [-0.2, -0.15) is 0 Å². The van der Waals surface area contributed by atoms with Gasteiger partial charge in [-0.1, -0.05) is 11.6 Å². The van der Waals surface area contributed by atoms with E-state index < -0.39 is 0 Å². The Kier molecular flexibility index (Phi) is 1.77. The number of hydrogen-bond donors (Lipinski definition) is 0. The molecule has 0 aliphatic rings. The van der Waals surface area contributed by atoms with Crippen molar-refractivity contribution in [2.75, 3.05) is 0 Å². The summed E-state index contributed by atoms with van der Waals surface area (Å²) in [4.78, 5) is 19.4. The van der Waals surface area contributed by atoms with Gasteiger partial charge in [-0.25, -0.2) is 9.97 Å². The second kappa shape index (κ2) is 2.81. The maximum atomic E-state index is 11.5. The molecule has 0 amide bonds.